The maximum absolute atomic E-state index is 5.41. The number of hydrogen-bond acceptors (Lipinski definition) is 2. The topological polar surface area (TPSA) is 21.3 Å². The lowest BCUT2D eigenvalue weighted by atomic mass is 9.71. The van der Waals surface area contributed by atoms with Gasteiger partial charge >= 0.3 is 0 Å². The molecule has 1 unspecified atom stereocenters. The molecular weight excluding hydrogens is 198 g/mol. The van der Waals surface area contributed by atoms with Gasteiger partial charge in [0.25, 0.3) is 0 Å². The van der Waals surface area contributed by atoms with Crippen LogP contribution in [0.4, 0.5) is 0 Å². The van der Waals surface area contributed by atoms with Crippen molar-refractivity contribution in [2.45, 2.75) is 58.4 Å². The summed E-state index contributed by atoms with van der Waals surface area (Å²) in [6.07, 6.45) is 8.42. The minimum Gasteiger partial charge on any atom is -0.380 e. The van der Waals surface area contributed by atoms with Crippen LogP contribution in [0.2, 0.25) is 0 Å². The number of nitrogens with one attached hydrogen (secondary N) is 1. The Morgan fingerprint density at radius 1 is 1.12 bits per heavy atom. The molecule has 1 N–H and O–H groups in total. The highest BCUT2D eigenvalue weighted by molar-refractivity contribution is 4.84. The molecule has 0 aromatic heterocycles. The van der Waals surface area contributed by atoms with Gasteiger partial charge in [0.05, 0.1) is 6.61 Å². The summed E-state index contributed by atoms with van der Waals surface area (Å²) < 4.78 is 5.41. The summed E-state index contributed by atoms with van der Waals surface area (Å²) in [5.74, 6) is 0.927. The van der Waals surface area contributed by atoms with Gasteiger partial charge in [-0.05, 0) is 30.6 Å². The third-order valence-electron chi connectivity index (χ3n) is 4.49. The van der Waals surface area contributed by atoms with Crippen molar-refractivity contribution in [1.29, 1.82) is 0 Å². The third kappa shape index (κ3) is 3.21. The third-order valence-corrected chi connectivity index (χ3v) is 4.49. The summed E-state index contributed by atoms with van der Waals surface area (Å²) in [5.41, 5.74) is 0.461. The van der Waals surface area contributed by atoms with Crippen LogP contribution < -0.4 is 5.32 Å². The number of ether oxygens (including phenoxy) is 1. The van der Waals surface area contributed by atoms with Gasteiger partial charge in [-0.25, -0.2) is 0 Å². The van der Waals surface area contributed by atoms with E-state index in [2.05, 4.69) is 19.2 Å². The first-order valence-corrected chi connectivity index (χ1v) is 6.99. The minimum absolute atomic E-state index is 0.461. The van der Waals surface area contributed by atoms with Gasteiger partial charge in [-0.15, -0.1) is 0 Å². The predicted molar refractivity (Wildman–Crippen MR) is 67.6 cm³/mol. The highest BCUT2D eigenvalue weighted by Crippen LogP contribution is 2.37. The zero-order valence-corrected chi connectivity index (χ0v) is 10.9. The highest BCUT2D eigenvalue weighted by atomic mass is 16.5. The smallest absolute Gasteiger partial charge is 0.0620 e. The molecular formula is C14H27NO. The molecule has 1 aliphatic carbocycles. The van der Waals surface area contributed by atoms with Gasteiger partial charge in [-0.1, -0.05) is 33.1 Å². The molecule has 0 aromatic carbocycles. The average molecular weight is 225 g/mol. The van der Waals surface area contributed by atoms with Crippen molar-refractivity contribution in [3.8, 4) is 0 Å². The summed E-state index contributed by atoms with van der Waals surface area (Å²) >= 11 is 0. The molecule has 1 atom stereocenters. The molecule has 2 nitrogen and oxygen atoms in total. The van der Waals surface area contributed by atoms with Gasteiger partial charge in [-0.3, -0.25) is 0 Å². The van der Waals surface area contributed by atoms with Gasteiger partial charge in [0, 0.05) is 19.2 Å². The van der Waals surface area contributed by atoms with Crippen LogP contribution in [0, 0.1) is 11.3 Å². The lowest BCUT2D eigenvalue weighted by molar-refractivity contribution is 0.144. The quantitative estimate of drug-likeness (QED) is 0.794. The second-order valence-corrected chi connectivity index (χ2v) is 6.26. The molecule has 94 valence electrons. The summed E-state index contributed by atoms with van der Waals surface area (Å²) in [6, 6.07) is 0.614. The van der Waals surface area contributed by atoms with Gasteiger partial charge in [-0.2, -0.15) is 0 Å². The molecule has 2 heteroatoms. The van der Waals surface area contributed by atoms with Crippen LogP contribution in [0.25, 0.3) is 0 Å². The number of rotatable bonds is 4. The molecule has 0 aromatic rings. The zero-order valence-electron chi connectivity index (χ0n) is 10.9. The Labute approximate surface area is 100 Å². The Morgan fingerprint density at radius 3 is 2.50 bits per heavy atom. The van der Waals surface area contributed by atoms with Crippen LogP contribution in [0.5, 0.6) is 0 Å². The second-order valence-electron chi connectivity index (χ2n) is 6.26. The molecule has 16 heavy (non-hydrogen) atoms. The predicted octanol–water partition coefficient (Wildman–Crippen LogP) is 2.97. The lowest BCUT2D eigenvalue weighted by Crippen LogP contribution is -2.41. The molecule has 2 rings (SSSR count). The van der Waals surface area contributed by atoms with E-state index < -0.39 is 0 Å². The SMILES string of the molecule is CC(C)(CNC1CCOC1)C1CCCCC1. The minimum atomic E-state index is 0.461. The van der Waals surface area contributed by atoms with E-state index in [0.29, 0.717) is 11.5 Å². The first kappa shape index (κ1) is 12.4. The molecule has 0 bridgehead atoms. The Bertz CT molecular complexity index is 203. The fourth-order valence-corrected chi connectivity index (χ4v) is 3.13. The molecule has 0 radical (unpaired) electrons. The Kier molecular flexibility index (Phi) is 4.26. The van der Waals surface area contributed by atoms with Crippen molar-refractivity contribution >= 4 is 0 Å². The van der Waals surface area contributed by atoms with E-state index in [0.717, 1.165) is 25.7 Å². The van der Waals surface area contributed by atoms with Crippen molar-refractivity contribution in [2.75, 3.05) is 19.8 Å². The maximum Gasteiger partial charge on any atom is 0.0620 e. The van der Waals surface area contributed by atoms with Crippen LogP contribution in [-0.4, -0.2) is 25.8 Å². The van der Waals surface area contributed by atoms with E-state index in [1.54, 1.807) is 0 Å². The van der Waals surface area contributed by atoms with Gasteiger partial charge in [0.2, 0.25) is 0 Å². The standard InChI is InChI=1S/C14H27NO/c1-14(2,12-6-4-3-5-7-12)11-15-13-8-9-16-10-13/h12-13,15H,3-11H2,1-2H3. The van der Waals surface area contributed by atoms with Crippen LogP contribution in [0.1, 0.15) is 52.4 Å². The van der Waals surface area contributed by atoms with E-state index in [4.69, 9.17) is 4.74 Å². The van der Waals surface area contributed by atoms with E-state index >= 15 is 0 Å². The zero-order chi connectivity index (χ0) is 11.4. The maximum atomic E-state index is 5.41. The van der Waals surface area contributed by atoms with Gasteiger partial charge in [0.15, 0.2) is 0 Å². The average Bonchev–Trinajstić information content (AvgIpc) is 2.81. The van der Waals surface area contributed by atoms with Crippen molar-refractivity contribution in [1.82, 2.24) is 5.32 Å². The summed E-state index contributed by atoms with van der Waals surface area (Å²) in [5, 5.41) is 3.69. The molecule has 1 aliphatic heterocycles. The Morgan fingerprint density at radius 2 is 1.88 bits per heavy atom. The van der Waals surface area contributed by atoms with Crippen molar-refractivity contribution < 1.29 is 4.74 Å². The van der Waals surface area contributed by atoms with Crippen LogP contribution in [-0.2, 0) is 4.74 Å². The largest absolute Gasteiger partial charge is 0.380 e. The first-order valence-electron chi connectivity index (χ1n) is 6.99. The van der Waals surface area contributed by atoms with Crippen LogP contribution >= 0.6 is 0 Å². The van der Waals surface area contributed by atoms with Gasteiger partial charge in [0.1, 0.15) is 0 Å². The summed E-state index contributed by atoms with van der Waals surface area (Å²) in [6.45, 7) is 7.89. The van der Waals surface area contributed by atoms with Crippen molar-refractivity contribution in [3.05, 3.63) is 0 Å². The van der Waals surface area contributed by atoms with Crippen molar-refractivity contribution in [2.24, 2.45) is 11.3 Å². The van der Waals surface area contributed by atoms with Crippen LogP contribution in [0.15, 0.2) is 0 Å². The monoisotopic (exact) mass is 225 g/mol. The highest BCUT2D eigenvalue weighted by Gasteiger charge is 2.31. The molecule has 1 saturated carbocycles. The van der Waals surface area contributed by atoms with Gasteiger partial charge < -0.3 is 10.1 Å². The van der Waals surface area contributed by atoms with E-state index in [9.17, 15) is 0 Å². The first-order chi connectivity index (χ1) is 7.68. The normalized spacial score (nSPS) is 28.5. The fraction of sp³-hybridized carbons (Fsp3) is 1.00. The van der Waals surface area contributed by atoms with E-state index in [1.165, 1.54) is 38.5 Å². The Balaban J connectivity index is 1.76. The van der Waals surface area contributed by atoms with E-state index in [-0.39, 0.29) is 0 Å². The molecule has 0 amide bonds. The molecule has 2 fully saturated rings. The van der Waals surface area contributed by atoms with E-state index in [1.807, 2.05) is 0 Å². The molecule has 1 heterocycles. The number of hydrogen-bond donors (Lipinski definition) is 1. The van der Waals surface area contributed by atoms with Crippen LogP contribution in [0.3, 0.4) is 0 Å². The fourth-order valence-electron chi connectivity index (χ4n) is 3.13. The summed E-state index contributed by atoms with van der Waals surface area (Å²) in [4.78, 5) is 0. The molecule has 1 saturated heterocycles. The molecule has 2 aliphatic rings. The molecule has 0 spiro atoms. The lowest BCUT2D eigenvalue weighted by Gasteiger charge is -2.38. The van der Waals surface area contributed by atoms with Crippen molar-refractivity contribution in [3.63, 3.8) is 0 Å². The Hall–Kier alpha value is -0.0800. The summed E-state index contributed by atoms with van der Waals surface area (Å²) in [7, 11) is 0. The second kappa shape index (κ2) is 5.50.